The van der Waals surface area contributed by atoms with E-state index in [0.717, 1.165) is 18.7 Å². The van der Waals surface area contributed by atoms with E-state index in [2.05, 4.69) is 10.2 Å². The molecule has 2 rings (SSSR count). The first-order valence-corrected chi connectivity index (χ1v) is 4.86. The van der Waals surface area contributed by atoms with Crippen molar-refractivity contribution < 1.29 is 0 Å². The summed E-state index contributed by atoms with van der Waals surface area (Å²) in [6.07, 6.45) is 7.53. The predicted molar refractivity (Wildman–Crippen MR) is 50.0 cm³/mol. The summed E-state index contributed by atoms with van der Waals surface area (Å²) in [4.78, 5) is 0. The highest BCUT2D eigenvalue weighted by molar-refractivity contribution is 5.05. The average molecular weight is 180 g/mol. The van der Waals surface area contributed by atoms with Crippen LogP contribution in [0.15, 0.2) is 6.33 Å². The summed E-state index contributed by atoms with van der Waals surface area (Å²) in [7, 11) is 1.96. The molecule has 72 valence electrons. The molecule has 1 fully saturated rings. The second kappa shape index (κ2) is 3.10. The maximum atomic E-state index is 6.30. The van der Waals surface area contributed by atoms with Gasteiger partial charge in [0.1, 0.15) is 6.33 Å². The topological polar surface area (TPSA) is 56.7 Å². The Bertz CT molecular complexity index is 286. The van der Waals surface area contributed by atoms with Crippen LogP contribution in [0.1, 0.15) is 37.9 Å². The van der Waals surface area contributed by atoms with Crippen molar-refractivity contribution in [2.75, 3.05) is 0 Å². The molecule has 1 heterocycles. The lowest BCUT2D eigenvalue weighted by Gasteiger charge is -2.31. The Morgan fingerprint density at radius 1 is 1.38 bits per heavy atom. The zero-order valence-corrected chi connectivity index (χ0v) is 8.03. The smallest absolute Gasteiger partial charge is 0.152 e. The van der Waals surface area contributed by atoms with E-state index in [1.165, 1.54) is 19.3 Å². The van der Waals surface area contributed by atoms with Crippen LogP contribution in [0.25, 0.3) is 0 Å². The van der Waals surface area contributed by atoms with E-state index in [1.54, 1.807) is 6.33 Å². The largest absolute Gasteiger partial charge is 0.319 e. The van der Waals surface area contributed by atoms with Crippen LogP contribution in [0.5, 0.6) is 0 Å². The number of aryl methyl sites for hydroxylation is 1. The Kier molecular flexibility index (Phi) is 2.07. The van der Waals surface area contributed by atoms with E-state index < -0.39 is 0 Å². The second-order valence-corrected chi connectivity index (χ2v) is 3.98. The van der Waals surface area contributed by atoms with Gasteiger partial charge in [-0.3, -0.25) is 0 Å². The van der Waals surface area contributed by atoms with Crippen molar-refractivity contribution in [1.82, 2.24) is 14.8 Å². The van der Waals surface area contributed by atoms with Gasteiger partial charge in [0.2, 0.25) is 0 Å². The lowest BCUT2D eigenvalue weighted by atomic mass is 9.82. The van der Waals surface area contributed by atoms with Crippen molar-refractivity contribution >= 4 is 0 Å². The van der Waals surface area contributed by atoms with Gasteiger partial charge in [0.25, 0.3) is 0 Å². The van der Waals surface area contributed by atoms with Gasteiger partial charge in [0.05, 0.1) is 5.54 Å². The van der Waals surface area contributed by atoms with E-state index >= 15 is 0 Å². The monoisotopic (exact) mass is 180 g/mol. The number of nitrogens with zero attached hydrogens (tertiary/aromatic N) is 3. The summed E-state index contributed by atoms with van der Waals surface area (Å²) in [5.41, 5.74) is 6.08. The SMILES string of the molecule is Cn1cnnc1C1(N)CCCCC1. The van der Waals surface area contributed by atoms with Crippen molar-refractivity contribution in [2.24, 2.45) is 12.8 Å². The molecule has 1 aliphatic rings. The van der Waals surface area contributed by atoms with Crippen LogP contribution in [0.2, 0.25) is 0 Å². The van der Waals surface area contributed by atoms with Gasteiger partial charge >= 0.3 is 0 Å². The van der Waals surface area contributed by atoms with Crippen LogP contribution in [-0.2, 0) is 12.6 Å². The minimum atomic E-state index is -0.219. The minimum absolute atomic E-state index is 0.219. The number of rotatable bonds is 1. The third-order valence-electron chi connectivity index (χ3n) is 2.90. The van der Waals surface area contributed by atoms with Crippen molar-refractivity contribution in [3.05, 3.63) is 12.2 Å². The molecule has 0 radical (unpaired) electrons. The zero-order chi connectivity index (χ0) is 9.31. The molecule has 13 heavy (non-hydrogen) atoms. The van der Waals surface area contributed by atoms with Gasteiger partial charge in [0, 0.05) is 7.05 Å². The maximum Gasteiger partial charge on any atom is 0.152 e. The van der Waals surface area contributed by atoms with Crippen LogP contribution >= 0.6 is 0 Å². The first kappa shape index (κ1) is 8.69. The molecule has 0 saturated heterocycles. The van der Waals surface area contributed by atoms with Crippen LogP contribution in [0, 0.1) is 0 Å². The molecule has 0 atom stereocenters. The molecule has 0 spiro atoms. The fraction of sp³-hybridized carbons (Fsp3) is 0.778. The summed E-state index contributed by atoms with van der Waals surface area (Å²) in [5, 5.41) is 7.97. The van der Waals surface area contributed by atoms with E-state index in [9.17, 15) is 0 Å². The van der Waals surface area contributed by atoms with Gasteiger partial charge in [-0.2, -0.15) is 0 Å². The Hall–Kier alpha value is -0.900. The third-order valence-corrected chi connectivity index (χ3v) is 2.90. The Labute approximate surface area is 78.1 Å². The third kappa shape index (κ3) is 1.46. The standard InChI is InChI=1S/C9H16N4/c1-13-7-11-12-8(13)9(10)5-3-2-4-6-9/h7H,2-6,10H2,1H3. The summed E-state index contributed by atoms with van der Waals surface area (Å²) in [6, 6.07) is 0. The maximum absolute atomic E-state index is 6.30. The first-order chi connectivity index (χ1) is 6.22. The van der Waals surface area contributed by atoms with Gasteiger partial charge in [-0.15, -0.1) is 10.2 Å². The van der Waals surface area contributed by atoms with Gasteiger partial charge in [-0.25, -0.2) is 0 Å². The highest BCUT2D eigenvalue weighted by atomic mass is 15.3. The highest BCUT2D eigenvalue weighted by Gasteiger charge is 2.33. The molecule has 4 heteroatoms. The number of nitrogens with two attached hydrogens (primary N) is 1. The molecular formula is C9H16N4. The molecule has 0 unspecified atom stereocenters. The Morgan fingerprint density at radius 3 is 2.62 bits per heavy atom. The van der Waals surface area contributed by atoms with E-state index in [0.29, 0.717) is 0 Å². The molecule has 0 aliphatic heterocycles. The van der Waals surface area contributed by atoms with Crippen LogP contribution in [0.4, 0.5) is 0 Å². The number of aromatic nitrogens is 3. The summed E-state index contributed by atoms with van der Waals surface area (Å²) in [5.74, 6) is 0.937. The fourth-order valence-electron chi connectivity index (χ4n) is 2.14. The molecule has 2 N–H and O–H groups in total. The Balaban J connectivity index is 2.27. The van der Waals surface area contributed by atoms with E-state index in [1.807, 2.05) is 11.6 Å². The van der Waals surface area contributed by atoms with E-state index in [-0.39, 0.29) is 5.54 Å². The average Bonchev–Trinajstić information content (AvgIpc) is 2.53. The molecule has 1 aromatic heterocycles. The number of hydrogen-bond donors (Lipinski definition) is 1. The molecule has 1 saturated carbocycles. The summed E-state index contributed by atoms with van der Waals surface area (Å²) >= 11 is 0. The van der Waals surface area contributed by atoms with Gasteiger partial charge in [-0.05, 0) is 12.8 Å². The molecule has 1 aliphatic carbocycles. The summed E-state index contributed by atoms with van der Waals surface area (Å²) in [6.45, 7) is 0. The van der Waals surface area contributed by atoms with Crippen molar-refractivity contribution in [3.8, 4) is 0 Å². The molecule has 0 amide bonds. The van der Waals surface area contributed by atoms with Gasteiger partial charge in [-0.1, -0.05) is 19.3 Å². The zero-order valence-electron chi connectivity index (χ0n) is 8.03. The normalized spacial score (nSPS) is 21.7. The van der Waals surface area contributed by atoms with Crippen molar-refractivity contribution in [3.63, 3.8) is 0 Å². The fourth-order valence-corrected chi connectivity index (χ4v) is 2.14. The van der Waals surface area contributed by atoms with Crippen LogP contribution < -0.4 is 5.73 Å². The van der Waals surface area contributed by atoms with Gasteiger partial charge < -0.3 is 10.3 Å². The van der Waals surface area contributed by atoms with Crippen LogP contribution in [0.3, 0.4) is 0 Å². The van der Waals surface area contributed by atoms with Crippen molar-refractivity contribution in [2.45, 2.75) is 37.6 Å². The van der Waals surface area contributed by atoms with Crippen LogP contribution in [-0.4, -0.2) is 14.8 Å². The molecule has 4 nitrogen and oxygen atoms in total. The number of hydrogen-bond acceptors (Lipinski definition) is 3. The molecular weight excluding hydrogens is 164 g/mol. The van der Waals surface area contributed by atoms with E-state index in [4.69, 9.17) is 5.73 Å². The highest BCUT2D eigenvalue weighted by Crippen LogP contribution is 2.32. The quantitative estimate of drug-likeness (QED) is 0.699. The second-order valence-electron chi connectivity index (χ2n) is 3.98. The first-order valence-electron chi connectivity index (χ1n) is 4.86. The van der Waals surface area contributed by atoms with Crippen molar-refractivity contribution in [1.29, 1.82) is 0 Å². The lowest BCUT2D eigenvalue weighted by Crippen LogP contribution is -2.41. The molecule has 0 bridgehead atoms. The Morgan fingerprint density at radius 2 is 2.08 bits per heavy atom. The van der Waals surface area contributed by atoms with Gasteiger partial charge in [0.15, 0.2) is 5.82 Å². The molecule has 0 aromatic carbocycles. The predicted octanol–water partition coefficient (Wildman–Crippen LogP) is 0.933. The minimum Gasteiger partial charge on any atom is -0.319 e. The summed E-state index contributed by atoms with van der Waals surface area (Å²) < 4.78 is 1.94. The lowest BCUT2D eigenvalue weighted by molar-refractivity contribution is 0.280. The molecule has 1 aromatic rings.